The van der Waals surface area contributed by atoms with Crippen LogP contribution in [0.3, 0.4) is 0 Å². The second-order valence-corrected chi connectivity index (χ2v) is 6.71. The van der Waals surface area contributed by atoms with E-state index in [1.54, 1.807) is 24.7 Å². The largest absolute Gasteiger partial charge is 0.504 e. The van der Waals surface area contributed by atoms with Crippen molar-refractivity contribution in [3.8, 4) is 22.6 Å². The maximum Gasteiger partial charge on any atom is 0.166 e. The molecule has 0 radical (unpaired) electrons. The summed E-state index contributed by atoms with van der Waals surface area (Å²) in [7, 11) is 0. The lowest BCUT2D eigenvalue weighted by Crippen LogP contribution is -2.26. The van der Waals surface area contributed by atoms with Gasteiger partial charge in [0.2, 0.25) is 0 Å². The summed E-state index contributed by atoms with van der Waals surface area (Å²) in [4.78, 5) is 15.6. The molecular weight excluding hydrogens is 352 g/mol. The van der Waals surface area contributed by atoms with Gasteiger partial charge in [0.15, 0.2) is 11.5 Å². The Labute approximate surface area is 162 Å². The van der Waals surface area contributed by atoms with Crippen molar-refractivity contribution in [2.24, 2.45) is 0 Å². The summed E-state index contributed by atoms with van der Waals surface area (Å²) in [5.41, 5.74) is 4.49. The van der Waals surface area contributed by atoms with Gasteiger partial charge in [0, 0.05) is 30.1 Å². The Hall–Kier alpha value is -3.67. The van der Waals surface area contributed by atoms with Gasteiger partial charge in [0.05, 0.1) is 23.8 Å². The van der Waals surface area contributed by atoms with Gasteiger partial charge in [-0.1, -0.05) is 18.2 Å². The summed E-state index contributed by atoms with van der Waals surface area (Å²) >= 11 is 0. The third-order valence-electron chi connectivity index (χ3n) is 4.87. The van der Waals surface area contributed by atoms with Crippen molar-refractivity contribution < 1.29 is 9.84 Å². The molecule has 3 heterocycles. The SMILES string of the molecule is Oc1cc(-c2cccnc2)cc2c1OCCN(c1cnc3ccccc3n1)C2. The molecule has 0 bridgehead atoms. The van der Waals surface area contributed by atoms with E-state index in [4.69, 9.17) is 9.72 Å². The predicted molar refractivity (Wildman–Crippen MR) is 107 cm³/mol. The van der Waals surface area contributed by atoms with Gasteiger partial charge >= 0.3 is 0 Å². The standard InChI is InChI=1S/C22H18N4O2/c27-20-11-16(15-4-3-7-23-12-15)10-17-14-26(8-9-28-22(17)20)21-13-24-18-5-1-2-6-19(18)25-21/h1-7,10-13,27H,8-9,14H2. The minimum Gasteiger partial charge on any atom is -0.504 e. The van der Waals surface area contributed by atoms with Crippen LogP contribution in [0.1, 0.15) is 5.56 Å². The predicted octanol–water partition coefficient (Wildman–Crippen LogP) is 3.80. The normalized spacial score (nSPS) is 13.6. The number of phenolic OH excluding ortho intramolecular Hbond substituents is 1. The van der Waals surface area contributed by atoms with E-state index in [0.29, 0.717) is 25.4 Å². The van der Waals surface area contributed by atoms with Crippen molar-refractivity contribution in [2.75, 3.05) is 18.1 Å². The van der Waals surface area contributed by atoms with Gasteiger partial charge in [-0.05, 0) is 35.9 Å². The van der Waals surface area contributed by atoms with Crippen LogP contribution in [0.2, 0.25) is 0 Å². The third-order valence-corrected chi connectivity index (χ3v) is 4.87. The van der Waals surface area contributed by atoms with Crippen molar-refractivity contribution in [1.82, 2.24) is 15.0 Å². The number of phenols is 1. The molecule has 6 nitrogen and oxygen atoms in total. The molecule has 0 fully saturated rings. The van der Waals surface area contributed by atoms with E-state index < -0.39 is 0 Å². The van der Waals surface area contributed by atoms with Crippen LogP contribution < -0.4 is 9.64 Å². The third kappa shape index (κ3) is 2.99. The van der Waals surface area contributed by atoms with Crippen molar-refractivity contribution in [1.29, 1.82) is 0 Å². The minimum absolute atomic E-state index is 0.141. The number of rotatable bonds is 2. The average molecular weight is 370 g/mol. The smallest absolute Gasteiger partial charge is 0.166 e. The first kappa shape index (κ1) is 16.5. The topological polar surface area (TPSA) is 71.4 Å². The zero-order valence-corrected chi connectivity index (χ0v) is 15.1. The molecule has 6 heteroatoms. The lowest BCUT2D eigenvalue weighted by molar-refractivity contribution is 0.311. The van der Waals surface area contributed by atoms with E-state index in [0.717, 1.165) is 33.5 Å². The van der Waals surface area contributed by atoms with Crippen LogP contribution in [-0.2, 0) is 6.54 Å². The van der Waals surface area contributed by atoms with E-state index in [2.05, 4.69) is 14.9 Å². The molecule has 1 aliphatic heterocycles. The van der Waals surface area contributed by atoms with Crippen molar-refractivity contribution in [3.63, 3.8) is 0 Å². The summed E-state index contributed by atoms with van der Waals surface area (Å²) in [5.74, 6) is 1.47. The second kappa shape index (κ2) is 6.81. The second-order valence-electron chi connectivity index (χ2n) is 6.71. The van der Waals surface area contributed by atoms with Crippen molar-refractivity contribution in [2.45, 2.75) is 6.54 Å². The molecule has 138 valence electrons. The van der Waals surface area contributed by atoms with Crippen LogP contribution in [0.15, 0.2) is 67.1 Å². The van der Waals surface area contributed by atoms with Gasteiger partial charge in [0.1, 0.15) is 12.4 Å². The highest BCUT2D eigenvalue weighted by Crippen LogP contribution is 2.38. The highest BCUT2D eigenvalue weighted by Gasteiger charge is 2.21. The molecule has 2 aromatic carbocycles. The molecule has 0 atom stereocenters. The number of aromatic hydroxyl groups is 1. The van der Waals surface area contributed by atoms with Gasteiger partial charge in [-0.15, -0.1) is 0 Å². The maximum atomic E-state index is 10.5. The minimum atomic E-state index is 0.141. The van der Waals surface area contributed by atoms with E-state index in [9.17, 15) is 5.11 Å². The Balaban J connectivity index is 1.54. The molecule has 2 aromatic heterocycles. The molecule has 0 amide bonds. The van der Waals surface area contributed by atoms with E-state index >= 15 is 0 Å². The van der Waals surface area contributed by atoms with Gasteiger partial charge in [-0.25, -0.2) is 4.98 Å². The van der Waals surface area contributed by atoms with Crippen LogP contribution >= 0.6 is 0 Å². The summed E-state index contributed by atoms with van der Waals surface area (Å²) in [6, 6.07) is 15.4. The fourth-order valence-electron chi connectivity index (χ4n) is 3.49. The molecule has 0 aliphatic carbocycles. The zero-order chi connectivity index (χ0) is 18.9. The fourth-order valence-corrected chi connectivity index (χ4v) is 3.49. The Bertz CT molecular complexity index is 1150. The molecular formula is C22H18N4O2. The average Bonchev–Trinajstić information content (AvgIpc) is 2.97. The molecule has 0 spiro atoms. The number of fused-ring (bicyclic) bond motifs is 2. The Morgan fingerprint density at radius 2 is 1.86 bits per heavy atom. The van der Waals surface area contributed by atoms with Crippen LogP contribution in [0.5, 0.6) is 11.5 Å². The first-order valence-electron chi connectivity index (χ1n) is 9.14. The van der Waals surface area contributed by atoms with Crippen LogP contribution in [0, 0.1) is 0 Å². The molecule has 28 heavy (non-hydrogen) atoms. The maximum absolute atomic E-state index is 10.5. The number of hydrogen-bond donors (Lipinski definition) is 1. The highest BCUT2D eigenvalue weighted by molar-refractivity contribution is 5.75. The summed E-state index contributed by atoms with van der Waals surface area (Å²) in [6.07, 6.45) is 5.31. The summed E-state index contributed by atoms with van der Waals surface area (Å²) in [5, 5.41) is 10.5. The first-order valence-corrected chi connectivity index (χ1v) is 9.14. The van der Waals surface area contributed by atoms with Gasteiger partial charge in [-0.2, -0.15) is 0 Å². The number of ether oxygens (including phenoxy) is 1. The number of hydrogen-bond acceptors (Lipinski definition) is 6. The Morgan fingerprint density at radius 1 is 0.964 bits per heavy atom. The molecule has 0 saturated carbocycles. The Morgan fingerprint density at radius 3 is 2.71 bits per heavy atom. The molecule has 1 aliphatic rings. The molecule has 0 unspecified atom stereocenters. The Kier molecular flexibility index (Phi) is 4.01. The summed E-state index contributed by atoms with van der Waals surface area (Å²) < 4.78 is 5.85. The lowest BCUT2D eigenvalue weighted by atomic mass is 10.0. The number of benzene rings is 2. The number of anilines is 1. The van der Waals surface area contributed by atoms with Crippen LogP contribution in [0.25, 0.3) is 22.2 Å². The van der Waals surface area contributed by atoms with E-state index in [1.165, 1.54) is 0 Å². The highest BCUT2D eigenvalue weighted by atomic mass is 16.5. The molecule has 4 aromatic rings. The first-order chi connectivity index (χ1) is 13.8. The van der Waals surface area contributed by atoms with Crippen molar-refractivity contribution in [3.05, 3.63) is 72.7 Å². The molecule has 1 N–H and O–H groups in total. The lowest BCUT2D eigenvalue weighted by Gasteiger charge is -2.21. The van der Waals surface area contributed by atoms with Crippen molar-refractivity contribution >= 4 is 16.9 Å². The van der Waals surface area contributed by atoms with Crippen LogP contribution in [-0.4, -0.2) is 33.2 Å². The number of aromatic nitrogens is 3. The van der Waals surface area contributed by atoms with Crippen LogP contribution in [0.4, 0.5) is 5.82 Å². The van der Waals surface area contributed by atoms with E-state index in [-0.39, 0.29) is 5.75 Å². The number of nitrogens with zero attached hydrogens (tertiary/aromatic N) is 4. The number of para-hydroxylation sites is 2. The summed E-state index contributed by atoms with van der Waals surface area (Å²) in [6.45, 7) is 1.69. The monoisotopic (exact) mass is 370 g/mol. The van der Waals surface area contributed by atoms with E-state index in [1.807, 2.05) is 42.5 Å². The van der Waals surface area contributed by atoms with Gasteiger partial charge in [-0.3, -0.25) is 9.97 Å². The quantitative estimate of drug-likeness (QED) is 0.579. The molecule has 5 rings (SSSR count). The zero-order valence-electron chi connectivity index (χ0n) is 15.1. The molecule has 0 saturated heterocycles. The van der Waals surface area contributed by atoms with Gasteiger partial charge in [0.25, 0.3) is 0 Å². The fraction of sp³-hybridized carbons (Fsp3) is 0.136. The van der Waals surface area contributed by atoms with Gasteiger partial charge < -0.3 is 14.7 Å². The number of pyridine rings is 1.